The van der Waals surface area contributed by atoms with Crippen LogP contribution in [0.15, 0.2) is 39.0 Å². The lowest BCUT2D eigenvalue weighted by atomic mass is 10.1. The number of H-pyrrole nitrogens is 2. The lowest BCUT2D eigenvalue weighted by Gasteiger charge is -2.04. The Balaban J connectivity index is 2.59. The van der Waals surface area contributed by atoms with Gasteiger partial charge in [-0.05, 0) is 18.3 Å². The Morgan fingerprint density at radius 2 is 1.95 bits per heavy atom. The number of aromatic nitrogens is 3. The van der Waals surface area contributed by atoms with Crippen LogP contribution in [0.1, 0.15) is 0 Å². The monoisotopic (exact) mass is 304 g/mol. The number of guanidine groups is 2. The summed E-state index contributed by atoms with van der Waals surface area (Å²) in [4.78, 5) is 22.0. The first-order chi connectivity index (χ1) is 9.97. The van der Waals surface area contributed by atoms with Gasteiger partial charge in [-0.15, -0.1) is 0 Å². The zero-order valence-electron chi connectivity index (χ0n) is 10.7. The van der Waals surface area contributed by atoms with Crippen LogP contribution in [0.5, 0.6) is 0 Å². The third-order valence-corrected chi connectivity index (χ3v) is 2.54. The molecule has 0 aliphatic carbocycles. The molecule has 0 spiro atoms. The fraction of sp³-hybridized carbons (Fsp3) is 0. The molecule has 0 amide bonds. The lowest BCUT2D eigenvalue weighted by molar-refractivity contribution is 0.931. The first-order valence-electron chi connectivity index (χ1n) is 5.69. The molecule has 0 atom stereocenters. The van der Waals surface area contributed by atoms with E-state index in [9.17, 15) is 4.79 Å². The van der Waals surface area contributed by atoms with Crippen LogP contribution in [0, 0.1) is 4.77 Å². The molecule has 2 aromatic rings. The SMILES string of the molecule is NC(N)=NC(N)=Nc1ccccc1-c1n[nH]c(=S)[nH]c1=O. The maximum Gasteiger partial charge on any atom is 0.278 e. The summed E-state index contributed by atoms with van der Waals surface area (Å²) in [5.74, 6) is -0.351. The maximum atomic E-state index is 11.9. The highest BCUT2D eigenvalue weighted by Crippen LogP contribution is 2.26. The highest BCUT2D eigenvalue weighted by molar-refractivity contribution is 7.71. The van der Waals surface area contributed by atoms with Crippen molar-refractivity contribution in [3.05, 3.63) is 39.4 Å². The molecule has 8 N–H and O–H groups in total. The maximum absolute atomic E-state index is 11.9. The molecule has 0 saturated heterocycles. The third kappa shape index (κ3) is 3.51. The number of benzene rings is 1. The molecule has 1 heterocycles. The van der Waals surface area contributed by atoms with Gasteiger partial charge in [-0.25, -0.2) is 4.99 Å². The second-order valence-electron chi connectivity index (χ2n) is 3.88. The number of hydrogen-bond donors (Lipinski definition) is 5. The van der Waals surface area contributed by atoms with Crippen LogP contribution in [0.2, 0.25) is 0 Å². The van der Waals surface area contributed by atoms with Crippen molar-refractivity contribution >= 4 is 29.8 Å². The first-order valence-corrected chi connectivity index (χ1v) is 6.10. The molecular formula is C11H12N8OS. The predicted octanol–water partition coefficient (Wildman–Crippen LogP) is -0.286. The van der Waals surface area contributed by atoms with Crippen molar-refractivity contribution in [1.29, 1.82) is 0 Å². The number of nitrogens with one attached hydrogen (secondary N) is 2. The summed E-state index contributed by atoms with van der Waals surface area (Å²) in [6, 6.07) is 6.77. The second kappa shape index (κ2) is 5.96. The van der Waals surface area contributed by atoms with Gasteiger partial charge in [-0.3, -0.25) is 14.9 Å². The molecule has 10 heteroatoms. The van der Waals surface area contributed by atoms with Gasteiger partial charge in [-0.2, -0.15) is 10.1 Å². The minimum Gasteiger partial charge on any atom is -0.370 e. The third-order valence-electron chi connectivity index (χ3n) is 2.35. The Kier molecular flexibility index (Phi) is 4.09. The smallest absolute Gasteiger partial charge is 0.278 e. The number of nitrogens with two attached hydrogens (primary N) is 3. The van der Waals surface area contributed by atoms with Crippen LogP contribution in [0.25, 0.3) is 11.3 Å². The van der Waals surface area contributed by atoms with Gasteiger partial charge in [0.1, 0.15) is 0 Å². The Morgan fingerprint density at radius 1 is 1.24 bits per heavy atom. The Bertz CT molecular complexity index is 830. The van der Waals surface area contributed by atoms with E-state index in [1.54, 1.807) is 24.3 Å². The molecule has 0 unspecified atom stereocenters. The summed E-state index contributed by atoms with van der Waals surface area (Å²) >= 11 is 4.79. The molecule has 1 aromatic heterocycles. The molecular weight excluding hydrogens is 292 g/mol. The molecule has 0 aliphatic heterocycles. The van der Waals surface area contributed by atoms with E-state index in [0.29, 0.717) is 11.3 Å². The van der Waals surface area contributed by atoms with E-state index >= 15 is 0 Å². The zero-order chi connectivity index (χ0) is 15.4. The van der Waals surface area contributed by atoms with Gasteiger partial charge in [0.2, 0.25) is 5.96 Å². The number of para-hydroxylation sites is 1. The Hall–Kier alpha value is -3.01. The second-order valence-corrected chi connectivity index (χ2v) is 4.29. The van der Waals surface area contributed by atoms with E-state index in [2.05, 4.69) is 25.2 Å². The van der Waals surface area contributed by atoms with E-state index in [1.807, 2.05) is 0 Å². The summed E-state index contributed by atoms with van der Waals surface area (Å²) in [7, 11) is 0. The number of aromatic amines is 2. The molecule has 108 valence electrons. The molecule has 0 fully saturated rings. The quantitative estimate of drug-likeness (QED) is 0.290. The summed E-state index contributed by atoms with van der Waals surface area (Å²) in [6.45, 7) is 0. The topological polar surface area (TPSA) is 164 Å². The summed E-state index contributed by atoms with van der Waals surface area (Å²) in [6.07, 6.45) is 0. The van der Waals surface area contributed by atoms with Crippen LogP contribution in [0.4, 0.5) is 5.69 Å². The molecule has 1 aromatic carbocycles. The minimum atomic E-state index is -0.443. The fourth-order valence-corrected chi connectivity index (χ4v) is 1.72. The highest BCUT2D eigenvalue weighted by atomic mass is 32.1. The highest BCUT2D eigenvalue weighted by Gasteiger charge is 2.10. The Morgan fingerprint density at radius 3 is 2.62 bits per heavy atom. The van der Waals surface area contributed by atoms with E-state index < -0.39 is 5.56 Å². The summed E-state index contributed by atoms with van der Waals surface area (Å²) in [5, 5.41) is 6.42. The molecule has 0 bridgehead atoms. The van der Waals surface area contributed by atoms with E-state index in [-0.39, 0.29) is 22.4 Å². The molecule has 0 aliphatic rings. The van der Waals surface area contributed by atoms with E-state index in [0.717, 1.165) is 0 Å². The van der Waals surface area contributed by atoms with Crippen molar-refractivity contribution in [2.75, 3.05) is 0 Å². The van der Waals surface area contributed by atoms with Crippen molar-refractivity contribution < 1.29 is 0 Å². The van der Waals surface area contributed by atoms with Gasteiger partial charge in [0.05, 0.1) is 5.69 Å². The average Bonchev–Trinajstić information content (AvgIpc) is 2.39. The van der Waals surface area contributed by atoms with Gasteiger partial charge in [0.15, 0.2) is 16.4 Å². The number of hydrogen-bond acceptors (Lipinski definition) is 4. The molecule has 2 rings (SSSR count). The number of nitrogens with zero attached hydrogens (tertiary/aromatic N) is 3. The summed E-state index contributed by atoms with van der Waals surface area (Å²) in [5.41, 5.74) is 16.6. The molecule has 21 heavy (non-hydrogen) atoms. The van der Waals surface area contributed by atoms with Crippen molar-refractivity contribution in [3.8, 4) is 11.3 Å². The largest absolute Gasteiger partial charge is 0.370 e. The molecule has 0 radical (unpaired) electrons. The van der Waals surface area contributed by atoms with Crippen LogP contribution >= 0.6 is 12.2 Å². The van der Waals surface area contributed by atoms with Crippen LogP contribution in [-0.4, -0.2) is 27.1 Å². The number of aliphatic imine (C=N–C) groups is 2. The zero-order valence-corrected chi connectivity index (χ0v) is 11.5. The van der Waals surface area contributed by atoms with Gasteiger partial charge in [0, 0.05) is 5.56 Å². The fourth-order valence-electron chi connectivity index (χ4n) is 1.58. The van der Waals surface area contributed by atoms with Crippen LogP contribution in [-0.2, 0) is 0 Å². The van der Waals surface area contributed by atoms with Crippen LogP contribution < -0.4 is 22.8 Å². The van der Waals surface area contributed by atoms with Crippen molar-refractivity contribution in [2.45, 2.75) is 0 Å². The van der Waals surface area contributed by atoms with Crippen molar-refractivity contribution in [1.82, 2.24) is 15.2 Å². The van der Waals surface area contributed by atoms with Crippen LogP contribution in [0.3, 0.4) is 0 Å². The van der Waals surface area contributed by atoms with Gasteiger partial charge in [0.25, 0.3) is 5.56 Å². The Labute approximate surface area is 123 Å². The van der Waals surface area contributed by atoms with Crippen molar-refractivity contribution in [3.63, 3.8) is 0 Å². The van der Waals surface area contributed by atoms with Gasteiger partial charge in [-0.1, -0.05) is 18.2 Å². The predicted molar refractivity (Wildman–Crippen MR) is 82.6 cm³/mol. The first kappa shape index (κ1) is 14.4. The molecule has 0 saturated carbocycles. The average molecular weight is 304 g/mol. The normalized spacial score (nSPS) is 11.1. The van der Waals surface area contributed by atoms with E-state index in [4.69, 9.17) is 29.4 Å². The number of rotatable bonds is 2. The standard InChI is InChI=1S/C11H12N8OS/c12-9(13)17-10(14)15-6-4-2-1-3-5(6)7-8(20)16-11(21)19-18-7/h1-4H,(H2,16,19,20,21)(H6,12,13,14,15,17). The van der Waals surface area contributed by atoms with E-state index in [1.165, 1.54) is 0 Å². The lowest BCUT2D eigenvalue weighted by Crippen LogP contribution is -2.26. The van der Waals surface area contributed by atoms with Gasteiger partial charge < -0.3 is 17.2 Å². The minimum absolute atomic E-state index is 0.125. The molecule has 9 nitrogen and oxygen atoms in total. The van der Waals surface area contributed by atoms with Crippen molar-refractivity contribution in [2.24, 2.45) is 27.2 Å². The van der Waals surface area contributed by atoms with Gasteiger partial charge >= 0.3 is 0 Å². The summed E-state index contributed by atoms with van der Waals surface area (Å²) < 4.78 is 0.129.